The Hall–Kier alpha value is -3.07. The second-order valence-electron chi connectivity index (χ2n) is 7.87. The second-order valence-corrected chi connectivity index (χ2v) is 7.87. The summed E-state index contributed by atoms with van der Waals surface area (Å²) in [7, 11) is 0. The third kappa shape index (κ3) is 4.19. The molecule has 1 aromatic carbocycles. The molecule has 29 heavy (non-hydrogen) atoms. The fourth-order valence-corrected chi connectivity index (χ4v) is 4.24. The van der Waals surface area contributed by atoms with Crippen molar-refractivity contribution in [2.45, 2.75) is 38.6 Å². The maximum atomic E-state index is 12.8. The fraction of sp³-hybridized carbons (Fsp3) is 0.435. The van der Waals surface area contributed by atoms with Crippen LogP contribution in [0.2, 0.25) is 0 Å². The second kappa shape index (κ2) is 8.52. The number of carbonyl (C=O) groups is 1. The van der Waals surface area contributed by atoms with E-state index in [9.17, 15) is 10.1 Å². The number of nitrogens with one attached hydrogen (secondary N) is 1. The van der Waals surface area contributed by atoms with Crippen LogP contribution in [0.1, 0.15) is 48.1 Å². The van der Waals surface area contributed by atoms with Crippen molar-refractivity contribution in [3.63, 3.8) is 0 Å². The third-order valence-corrected chi connectivity index (χ3v) is 5.99. The first-order valence-corrected chi connectivity index (χ1v) is 10.4. The Morgan fingerprint density at radius 1 is 1.14 bits per heavy atom. The van der Waals surface area contributed by atoms with E-state index in [0.717, 1.165) is 6.42 Å². The molecule has 0 bridgehead atoms. The lowest BCUT2D eigenvalue weighted by atomic mass is 9.89. The van der Waals surface area contributed by atoms with E-state index in [1.807, 2.05) is 11.8 Å². The molecule has 2 amide bonds. The summed E-state index contributed by atoms with van der Waals surface area (Å²) < 4.78 is 0. The quantitative estimate of drug-likeness (QED) is 0.873. The van der Waals surface area contributed by atoms with Crippen LogP contribution in [0.4, 0.5) is 10.6 Å². The molecule has 2 aliphatic rings. The molecule has 0 spiro atoms. The monoisotopic (exact) mass is 389 g/mol. The van der Waals surface area contributed by atoms with Gasteiger partial charge in [-0.05, 0) is 61.4 Å². The molecule has 2 heterocycles. The Bertz CT molecular complexity index is 927. The maximum Gasteiger partial charge on any atom is 0.317 e. The SMILES string of the molecule is CC(NC(=O)N1CCN(c2ncccc2C#N)CC1)c1ccc2c(c1)CCCC2. The number of aryl methyl sites for hydroxylation is 2. The van der Waals surface area contributed by atoms with Crippen LogP contribution >= 0.6 is 0 Å². The van der Waals surface area contributed by atoms with Crippen molar-refractivity contribution in [1.82, 2.24) is 15.2 Å². The molecule has 1 atom stereocenters. The summed E-state index contributed by atoms with van der Waals surface area (Å²) in [6.45, 7) is 4.62. The summed E-state index contributed by atoms with van der Waals surface area (Å²) in [6.07, 6.45) is 6.55. The number of hydrogen-bond donors (Lipinski definition) is 1. The van der Waals surface area contributed by atoms with E-state index in [1.54, 1.807) is 18.3 Å². The molecule has 0 radical (unpaired) electrons. The van der Waals surface area contributed by atoms with Gasteiger partial charge in [-0.25, -0.2) is 9.78 Å². The number of pyridine rings is 1. The Kier molecular flexibility index (Phi) is 5.66. The molecule has 150 valence electrons. The zero-order chi connectivity index (χ0) is 20.2. The van der Waals surface area contributed by atoms with Gasteiger partial charge in [-0.15, -0.1) is 0 Å². The number of rotatable bonds is 3. The minimum absolute atomic E-state index is 0.0197. The van der Waals surface area contributed by atoms with Gasteiger partial charge < -0.3 is 15.1 Å². The zero-order valence-electron chi connectivity index (χ0n) is 16.9. The molecular formula is C23H27N5O. The van der Waals surface area contributed by atoms with Crippen molar-refractivity contribution >= 4 is 11.8 Å². The summed E-state index contributed by atoms with van der Waals surface area (Å²) in [5.74, 6) is 0.706. The lowest BCUT2D eigenvalue weighted by molar-refractivity contribution is 0.191. The molecule has 4 rings (SSSR count). The van der Waals surface area contributed by atoms with Gasteiger partial charge in [-0.2, -0.15) is 5.26 Å². The number of amides is 2. The molecule has 1 saturated heterocycles. The van der Waals surface area contributed by atoms with Crippen molar-refractivity contribution < 1.29 is 4.79 Å². The van der Waals surface area contributed by atoms with Crippen LogP contribution < -0.4 is 10.2 Å². The zero-order valence-corrected chi connectivity index (χ0v) is 16.9. The van der Waals surface area contributed by atoms with Crippen molar-refractivity contribution in [2.24, 2.45) is 0 Å². The van der Waals surface area contributed by atoms with Crippen LogP contribution in [-0.4, -0.2) is 42.1 Å². The van der Waals surface area contributed by atoms with E-state index >= 15 is 0 Å². The molecule has 0 saturated carbocycles. The largest absolute Gasteiger partial charge is 0.352 e. The van der Waals surface area contributed by atoms with Gasteiger partial charge >= 0.3 is 6.03 Å². The first-order valence-electron chi connectivity index (χ1n) is 10.4. The van der Waals surface area contributed by atoms with E-state index in [2.05, 4.69) is 39.5 Å². The number of nitrogens with zero attached hydrogens (tertiary/aromatic N) is 4. The first-order chi connectivity index (χ1) is 14.2. The molecular weight excluding hydrogens is 362 g/mol. The van der Waals surface area contributed by atoms with Crippen LogP contribution in [0, 0.1) is 11.3 Å². The lowest BCUT2D eigenvalue weighted by Gasteiger charge is -2.36. The third-order valence-electron chi connectivity index (χ3n) is 5.99. The number of fused-ring (bicyclic) bond motifs is 1. The van der Waals surface area contributed by atoms with Crippen molar-refractivity contribution in [2.75, 3.05) is 31.1 Å². The van der Waals surface area contributed by atoms with E-state index in [-0.39, 0.29) is 12.1 Å². The summed E-state index contributed by atoms with van der Waals surface area (Å²) >= 11 is 0. The van der Waals surface area contributed by atoms with Gasteiger partial charge in [0.25, 0.3) is 0 Å². The van der Waals surface area contributed by atoms with E-state index in [1.165, 1.54) is 36.0 Å². The maximum absolute atomic E-state index is 12.8. The summed E-state index contributed by atoms with van der Waals surface area (Å²) in [6, 6.07) is 12.3. The summed E-state index contributed by atoms with van der Waals surface area (Å²) in [4.78, 5) is 21.0. The first kappa shape index (κ1) is 19.3. The smallest absolute Gasteiger partial charge is 0.317 e. The van der Waals surface area contributed by atoms with Crippen LogP contribution in [-0.2, 0) is 12.8 Å². The lowest BCUT2D eigenvalue weighted by Crippen LogP contribution is -2.52. The number of piperazine rings is 1. The Balaban J connectivity index is 1.35. The number of urea groups is 1. The fourth-order valence-electron chi connectivity index (χ4n) is 4.24. The molecule has 1 fully saturated rings. The van der Waals surface area contributed by atoms with Gasteiger partial charge in [-0.3, -0.25) is 0 Å². The Morgan fingerprint density at radius 3 is 2.66 bits per heavy atom. The number of anilines is 1. The minimum atomic E-state index is -0.0311. The molecule has 1 aliphatic heterocycles. The predicted molar refractivity (Wildman–Crippen MR) is 113 cm³/mol. The highest BCUT2D eigenvalue weighted by atomic mass is 16.2. The average Bonchev–Trinajstić information content (AvgIpc) is 2.78. The van der Waals surface area contributed by atoms with Gasteiger partial charge in [0.05, 0.1) is 11.6 Å². The highest BCUT2D eigenvalue weighted by Gasteiger charge is 2.24. The molecule has 1 aromatic heterocycles. The predicted octanol–water partition coefficient (Wildman–Crippen LogP) is 3.42. The molecule has 2 aromatic rings. The number of hydrogen-bond acceptors (Lipinski definition) is 4. The normalized spacial score (nSPS) is 17.2. The molecule has 1 aliphatic carbocycles. The van der Waals surface area contributed by atoms with Crippen molar-refractivity contribution in [1.29, 1.82) is 5.26 Å². The molecule has 6 nitrogen and oxygen atoms in total. The standard InChI is InChI=1S/C23H27N5O/c1-17(19-9-8-18-5-2-3-6-20(18)15-19)26-23(29)28-13-11-27(12-14-28)22-21(16-24)7-4-10-25-22/h4,7-10,15,17H,2-3,5-6,11-14H2,1H3,(H,26,29). The molecule has 1 N–H and O–H groups in total. The topological polar surface area (TPSA) is 72.3 Å². The van der Waals surface area contributed by atoms with Gasteiger partial charge in [0.15, 0.2) is 0 Å². The van der Waals surface area contributed by atoms with Crippen LogP contribution in [0.15, 0.2) is 36.5 Å². The highest BCUT2D eigenvalue weighted by Crippen LogP contribution is 2.25. The van der Waals surface area contributed by atoms with Crippen molar-refractivity contribution in [3.8, 4) is 6.07 Å². The Labute approximate surface area is 172 Å². The minimum Gasteiger partial charge on any atom is -0.352 e. The van der Waals surface area contributed by atoms with Gasteiger partial charge in [0.1, 0.15) is 11.9 Å². The van der Waals surface area contributed by atoms with Gasteiger partial charge in [-0.1, -0.05) is 18.2 Å². The van der Waals surface area contributed by atoms with Crippen molar-refractivity contribution in [3.05, 3.63) is 58.8 Å². The van der Waals surface area contributed by atoms with Gasteiger partial charge in [0, 0.05) is 32.4 Å². The highest BCUT2D eigenvalue weighted by molar-refractivity contribution is 5.75. The van der Waals surface area contributed by atoms with E-state index in [0.29, 0.717) is 37.6 Å². The van der Waals surface area contributed by atoms with Crippen LogP contribution in [0.3, 0.4) is 0 Å². The van der Waals surface area contributed by atoms with E-state index in [4.69, 9.17) is 0 Å². The number of benzene rings is 1. The number of aromatic nitrogens is 1. The number of nitriles is 1. The average molecular weight is 390 g/mol. The van der Waals surface area contributed by atoms with Crippen LogP contribution in [0.5, 0.6) is 0 Å². The van der Waals surface area contributed by atoms with Gasteiger partial charge in [0.2, 0.25) is 0 Å². The van der Waals surface area contributed by atoms with E-state index < -0.39 is 0 Å². The van der Waals surface area contributed by atoms with Crippen LogP contribution in [0.25, 0.3) is 0 Å². The summed E-state index contributed by atoms with van der Waals surface area (Å²) in [5.41, 5.74) is 4.64. The molecule has 6 heteroatoms. The molecule has 1 unspecified atom stereocenters. The Morgan fingerprint density at radius 2 is 1.90 bits per heavy atom. The number of carbonyl (C=O) groups excluding carboxylic acids is 1. The summed E-state index contributed by atoms with van der Waals surface area (Å²) in [5, 5.41) is 12.4.